The van der Waals surface area contributed by atoms with Crippen molar-refractivity contribution in [2.45, 2.75) is 12.0 Å². The van der Waals surface area contributed by atoms with E-state index in [0.717, 1.165) is 10.5 Å². The lowest BCUT2D eigenvalue weighted by Gasteiger charge is -2.27. The normalized spacial score (nSPS) is 17.4. The molecule has 1 atom stereocenters. The molecule has 1 heterocycles. The summed E-state index contributed by atoms with van der Waals surface area (Å²) in [7, 11) is 0. The SMILES string of the molecule is O=C(CN1C(=O)NC(Cc2ccccc2)(c2ccccc2)C1=O)NCCOc1ccc(Cl)cc1. The number of nitrogens with one attached hydrogen (secondary N) is 2. The minimum Gasteiger partial charge on any atom is -0.492 e. The molecular formula is C26H24ClN3O4. The molecule has 3 aromatic rings. The topological polar surface area (TPSA) is 87.7 Å². The number of imide groups is 1. The summed E-state index contributed by atoms with van der Waals surface area (Å²) in [4.78, 5) is 39.8. The maximum Gasteiger partial charge on any atom is 0.325 e. The zero-order valence-corrected chi connectivity index (χ0v) is 19.1. The zero-order chi connectivity index (χ0) is 24.0. The van der Waals surface area contributed by atoms with Gasteiger partial charge in [0.1, 0.15) is 18.9 Å². The molecule has 0 radical (unpaired) electrons. The van der Waals surface area contributed by atoms with E-state index in [2.05, 4.69) is 10.6 Å². The second-order valence-corrected chi connectivity index (χ2v) is 8.34. The van der Waals surface area contributed by atoms with E-state index < -0.39 is 23.4 Å². The van der Waals surface area contributed by atoms with Crippen LogP contribution in [-0.4, -0.2) is 42.4 Å². The van der Waals surface area contributed by atoms with Crippen LogP contribution < -0.4 is 15.4 Å². The molecule has 4 rings (SSSR count). The van der Waals surface area contributed by atoms with E-state index in [9.17, 15) is 14.4 Å². The average Bonchev–Trinajstić information content (AvgIpc) is 3.09. The Bertz CT molecular complexity index is 1160. The van der Waals surface area contributed by atoms with Crippen molar-refractivity contribution in [1.82, 2.24) is 15.5 Å². The fourth-order valence-electron chi connectivity index (χ4n) is 3.90. The second kappa shape index (κ2) is 10.4. The van der Waals surface area contributed by atoms with E-state index in [1.165, 1.54) is 0 Å². The fourth-order valence-corrected chi connectivity index (χ4v) is 4.03. The van der Waals surface area contributed by atoms with Gasteiger partial charge in [0.15, 0.2) is 5.54 Å². The molecule has 3 aromatic carbocycles. The number of halogens is 1. The first-order chi connectivity index (χ1) is 16.5. The molecule has 174 valence electrons. The van der Waals surface area contributed by atoms with Gasteiger partial charge in [-0.1, -0.05) is 72.3 Å². The van der Waals surface area contributed by atoms with Gasteiger partial charge in [-0.2, -0.15) is 0 Å². The molecule has 4 amide bonds. The molecular weight excluding hydrogens is 454 g/mol. The molecule has 0 aromatic heterocycles. The van der Waals surface area contributed by atoms with Crippen LogP contribution in [0.4, 0.5) is 4.79 Å². The molecule has 7 nitrogen and oxygen atoms in total. The van der Waals surface area contributed by atoms with Gasteiger partial charge in [0.25, 0.3) is 5.91 Å². The number of rotatable bonds is 9. The minimum absolute atomic E-state index is 0.221. The molecule has 1 fully saturated rings. The van der Waals surface area contributed by atoms with Gasteiger partial charge in [0.2, 0.25) is 5.91 Å². The van der Waals surface area contributed by atoms with Crippen molar-refractivity contribution < 1.29 is 19.1 Å². The number of benzene rings is 3. The summed E-state index contributed by atoms with van der Waals surface area (Å²) in [5.74, 6) is -0.284. The van der Waals surface area contributed by atoms with Crippen LogP contribution in [0.5, 0.6) is 5.75 Å². The van der Waals surface area contributed by atoms with Crippen molar-refractivity contribution in [3.8, 4) is 5.75 Å². The van der Waals surface area contributed by atoms with Gasteiger partial charge in [0.05, 0.1) is 6.54 Å². The molecule has 0 aliphatic carbocycles. The number of ether oxygens (including phenoxy) is 1. The molecule has 0 saturated carbocycles. The Balaban J connectivity index is 1.41. The van der Waals surface area contributed by atoms with Crippen molar-refractivity contribution in [2.24, 2.45) is 0 Å². The van der Waals surface area contributed by atoms with Crippen molar-refractivity contribution in [3.63, 3.8) is 0 Å². The minimum atomic E-state index is -1.28. The van der Waals surface area contributed by atoms with Crippen LogP contribution in [0.15, 0.2) is 84.9 Å². The highest BCUT2D eigenvalue weighted by atomic mass is 35.5. The highest BCUT2D eigenvalue weighted by Gasteiger charge is 2.52. The maximum absolute atomic E-state index is 13.5. The third kappa shape index (κ3) is 5.21. The largest absolute Gasteiger partial charge is 0.492 e. The number of carbonyl (C=O) groups excluding carboxylic acids is 3. The van der Waals surface area contributed by atoms with E-state index in [1.807, 2.05) is 48.5 Å². The average molecular weight is 478 g/mol. The first kappa shape index (κ1) is 23.3. The smallest absolute Gasteiger partial charge is 0.325 e. The molecule has 1 aliphatic heterocycles. The third-order valence-electron chi connectivity index (χ3n) is 5.56. The summed E-state index contributed by atoms with van der Waals surface area (Å²) in [5.41, 5.74) is 0.277. The summed E-state index contributed by atoms with van der Waals surface area (Å²) < 4.78 is 5.55. The lowest BCUT2D eigenvalue weighted by atomic mass is 9.83. The fraction of sp³-hybridized carbons (Fsp3) is 0.192. The van der Waals surface area contributed by atoms with E-state index in [-0.39, 0.29) is 26.1 Å². The van der Waals surface area contributed by atoms with Gasteiger partial charge < -0.3 is 15.4 Å². The summed E-state index contributed by atoms with van der Waals surface area (Å²) >= 11 is 5.85. The van der Waals surface area contributed by atoms with E-state index in [1.54, 1.807) is 36.4 Å². The first-order valence-electron chi connectivity index (χ1n) is 10.9. The Morgan fingerprint density at radius 3 is 2.26 bits per heavy atom. The van der Waals surface area contributed by atoms with Crippen molar-refractivity contribution in [1.29, 1.82) is 0 Å². The van der Waals surface area contributed by atoms with Gasteiger partial charge in [-0.15, -0.1) is 0 Å². The molecule has 0 spiro atoms. The molecule has 2 N–H and O–H groups in total. The Morgan fingerprint density at radius 1 is 0.941 bits per heavy atom. The number of nitrogens with zero attached hydrogens (tertiary/aromatic N) is 1. The zero-order valence-electron chi connectivity index (χ0n) is 18.4. The van der Waals surface area contributed by atoms with Crippen molar-refractivity contribution in [3.05, 3.63) is 101 Å². The Morgan fingerprint density at radius 2 is 1.59 bits per heavy atom. The van der Waals surface area contributed by atoms with Crippen LogP contribution in [0, 0.1) is 0 Å². The number of amides is 4. The molecule has 34 heavy (non-hydrogen) atoms. The van der Waals surface area contributed by atoms with Crippen LogP contribution >= 0.6 is 11.6 Å². The van der Waals surface area contributed by atoms with Gasteiger partial charge in [0, 0.05) is 11.4 Å². The molecule has 1 unspecified atom stereocenters. The van der Waals surface area contributed by atoms with E-state index in [0.29, 0.717) is 16.3 Å². The predicted molar refractivity (Wildman–Crippen MR) is 128 cm³/mol. The van der Waals surface area contributed by atoms with Crippen LogP contribution in [0.2, 0.25) is 5.02 Å². The van der Waals surface area contributed by atoms with Crippen LogP contribution in [-0.2, 0) is 21.5 Å². The van der Waals surface area contributed by atoms with E-state index >= 15 is 0 Å². The second-order valence-electron chi connectivity index (χ2n) is 7.91. The number of hydrogen-bond acceptors (Lipinski definition) is 4. The summed E-state index contributed by atoms with van der Waals surface area (Å²) in [6.07, 6.45) is 0.273. The lowest BCUT2D eigenvalue weighted by Crippen LogP contribution is -2.47. The van der Waals surface area contributed by atoms with Gasteiger partial charge in [-0.3, -0.25) is 14.5 Å². The van der Waals surface area contributed by atoms with Gasteiger partial charge in [-0.25, -0.2) is 4.79 Å². The quantitative estimate of drug-likeness (QED) is 0.364. The first-order valence-corrected chi connectivity index (χ1v) is 11.2. The summed E-state index contributed by atoms with van der Waals surface area (Å²) in [5, 5.41) is 6.14. The Labute approximate surface area is 202 Å². The standard InChI is InChI=1S/C26H24ClN3O4/c27-21-11-13-22(14-12-21)34-16-15-28-23(31)18-30-24(32)26(29-25(30)33,20-9-5-2-6-10-20)17-19-7-3-1-4-8-19/h1-14H,15-18H2,(H,28,31)(H,29,33). The molecule has 8 heteroatoms. The summed E-state index contributed by atoms with van der Waals surface area (Å²) in [6, 6.07) is 24.8. The van der Waals surface area contributed by atoms with Crippen LogP contribution in [0.3, 0.4) is 0 Å². The van der Waals surface area contributed by atoms with E-state index in [4.69, 9.17) is 16.3 Å². The highest BCUT2D eigenvalue weighted by molar-refractivity contribution is 6.30. The number of urea groups is 1. The van der Waals surface area contributed by atoms with Crippen molar-refractivity contribution in [2.75, 3.05) is 19.7 Å². The van der Waals surface area contributed by atoms with Gasteiger partial charge in [-0.05, 0) is 35.4 Å². The highest BCUT2D eigenvalue weighted by Crippen LogP contribution is 2.32. The van der Waals surface area contributed by atoms with Crippen molar-refractivity contribution >= 4 is 29.4 Å². The molecule has 0 bridgehead atoms. The molecule has 1 aliphatic rings. The number of carbonyl (C=O) groups is 3. The van der Waals surface area contributed by atoms with Crippen LogP contribution in [0.25, 0.3) is 0 Å². The Kier molecular flexibility index (Phi) is 7.13. The maximum atomic E-state index is 13.5. The Hall–Kier alpha value is -3.84. The summed E-state index contributed by atoms with van der Waals surface area (Å²) in [6.45, 7) is 0.0728. The van der Waals surface area contributed by atoms with Gasteiger partial charge >= 0.3 is 6.03 Å². The molecule has 1 saturated heterocycles. The number of hydrogen-bond donors (Lipinski definition) is 2. The third-order valence-corrected chi connectivity index (χ3v) is 5.81. The monoisotopic (exact) mass is 477 g/mol. The lowest BCUT2D eigenvalue weighted by molar-refractivity contribution is -0.135. The van der Waals surface area contributed by atoms with Crippen LogP contribution in [0.1, 0.15) is 11.1 Å². The predicted octanol–water partition coefficient (Wildman–Crippen LogP) is 3.53.